The number of Topliss-reactive ketones (excluding diaryl/α,β-unsaturated/α-hetero) is 1. The molecule has 0 bridgehead atoms. The van der Waals surface area contributed by atoms with E-state index in [9.17, 15) is 9.59 Å². The molecule has 1 aromatic carbocycles. The number of benzene rings is 1. The highest BCUT2D eigenvalue weighted by molar-refractivity contribution is 5.99. The maximum absolute atomic E-state index is 11.8. The lowest BCUT2D eigenvalue weighted by atomic mass is 10.1. The highest BCUT2D eigenvalue weighted by atomic mass is 16.3. The Morgan fingerprint density at radius 2 is 1.95 bits per heavy atom. The first kappa shape index (κ1) is 14.7. The molecule has 1 aliphatic rings. The molecule has 5 nitrogen and oxygen atoms in total. The fraction of sp³-hybridized carbons (Fsp3) is 0.467. The minimum Gasteiger partial charge on any atom is -0.395 e. The van der Waals surface area contributed by atoms with E-state index < -0.39 is 0 Å². The van der Waals surface area contributed by atoms with Crippen LogP contribution in [-0.2, 0) is 4.79 Å². The van der Waals surface area contributed by atoms with Gasteiger partial charge < -0.3 is 10.4 Å². The summed E-state index contributed by atoms with van der Waals surface area (Å²) in [6.07, 6.45) is 2.16. The summed E-state index contributed by atoms with van der Waals surface area (Å²) in [4.78, 5) is 25.6. The van der Waals surface area contributed by atoms with Gasteiger partial charge in [-0.1, -0.05) is 30.3 Å². The van der Waals surface area contributed by atoms with Crippen LogP contribution >= 0.6 is 0 Å². The summed E-state index contributed by atoms with van der Waals surface area (Å²) in [5, 5.41) is 11.6. The van der Waals surface area contributed by atoms with Gasteiger partial charge in [-0.2, -0.15) is 0 Å². The molecule has 1 fully saturated rings. The predicted molar refractivity (Wildman–Crippen MR) is 75.5 cm³/mol. The molecule has 1 aromatic rings. The third-order valence-electron chi connectivity index (χ3n) is 3.34. The van der Waals surface area contributed by atoms with Crippen LogP contribution in [0.5, 0.6) is 0 Å². The van der Waals surface area contributed by atoms with Gasteiger partial charge in [0.1, 0.15) is 0 Å². The zero-order valence-electron chi connectivity index (χ0n) is 11.4. The average Bonchev–Trinajstić information content (AvgIpc) is 3.30. The van der Waals surface area contributed by atoms with Gasteiger partial charge in [0.05, 0.1) is 19.7 Å². The maximum atomic E-state index is 11.8. The van der Waals surface area contributed by atoms with Gasteiger partial charge in [-0.3, -0.25) is 14.5 Å². The quantitative estimate of drug-likeness (QED) is 0.676. The summed E-state index contributed by atoms with van der Waals surface area (Å²) >= 11 is 0. The standard InChI is InChI=1S/C15H20N2O3/c18-9-8-17(13-6-7-13)11-15(20)16-10-14(19)12-4-2-1-3-5-12/h1-5,13,18H,6-11H2,(H,16,20). The zero-order valence-corrected chi connectivity index (χ0v) is 11.4. The van der Waals surface area contributed by atoms with E-state index in [0.717, 1.165) is 12.8 Å². The Morgan fingerprint density at radius 3 is 2.55 bits per heavy atom. The molecular formula is C15H20N2O3. The molecule has 0 unspecified atom stereocenters. The molecule has 1 saturated carbocycles. The molecule has 1 aliphatic carbocycles. The van der Waals surface area contributed by atoms with E-state index in [0.29, 0.717) is 18.2 Å². The summed E-state index contributed by atoms with van der Waals surface area (Å²) in [6.45, 7) is 0.811. The van der Waals surface area contributed by atoms with E-state index in [1.165, 1.54) is 0 Å². The monoisotopic (exact) mass is 276 g/mol. The van der Waals surface area contributed by atoms with Gasteiger partial charge in [-0.25, -0.2) is 0 Å². The molecule has 0 radical (unpaired) electrons. The molecule has 0 aromatic heterocycles. The van der Waals surface area contributed by atoms with Gasteiger partial charge in [0, 0.05) is 18.2 Å². The fourth-order valence-corrected chi connectivity index (χ4v) is 2.10. The van der Waals surface area contributed by atoms with E-state index >= 15 is 0 Å². The number of aliphatic hydroxyl groups is 1. The first-order valence-electron chi connectivity index (χ1n) is 6.90. The third-order valence-corrected chi connectivity index (χ3v) is 3.34. The van der Waals surface area contributed by atoms with Crippen molar-refractivity contribution in [2.24, 2.45) is 0 Å². The number of carbonyl (C=O) groups is 2. The lowest BCUT2D eigenvalue weighted by Gasteiger charge is -2.19. The third kappa shape index (κ3) is 4.43. The van der Waals surface area contributed by atoms with Gasteiger partial charge in [0.15, 0.2) is 5.78 Å². The Morgan fingerprint density at radius 1 is 1.25 bits per heavy atom. The Kier molecular flexibility index (Phi) is 5.26. The molecule has 2 rings (SSSR count). The summed E-state index contributed by atoms with van der Waals surface area (Å²) in [5.41, 5.74) is 0.599. The first-order valence-corrected chi connectivity index (χ1v) is 6.90. The highest BCUT2D eigenvalue weighted by Gasteiger charge is 2.29. The van der Waals surface area contributed by atoms with Crippen LogP contribution in [0.25, 0.3) is 0 Å². The molecule has 0 aliphatic heterocycles. The molecule has 108 valence electrons. The van der Waals surface area contributed by atoms with Crippen molar-refractivity contribution in [2.75, 3.05) is 26.2 Å². The van der Waals surface area contributed by atoms with Crippen molar-refractivity contribution in [3.8, 4) is 0 Å². The molecule has 0 spiro atoms. The largest absolute Gasteiger partial charge is 0.395 e. The van der Waals surface area contributed by atoms with Crippen molar-refractivity contribution in [3.05, 3.63) is 35.9 Å². The minimum absolute atomic E-state index is 0.0144. The molecule has 0 atom stereocenters. The maximum Gasteiger partial charge on any atom is 0.234 e. The number of nitrogens with zero attached hydrogens (tertiary/aromatic N) is 1. The van der Waals surface area contributed by atoms with Crippen LogP contribution < -0.4 is 5.32 Å². The van der Waals surface area contributed by atoms with Crippen molar-refractivity contribution in [1.29, 1.82) is 0 Å². The number of nitrogens with one attached hydrogen (secondary N) is 1. The van der Waals surface area contributed by atoms with E-state index in [1.54, 1.807) is 24.3 Å². The predicted octanol–water partition coefficient (Wildman–Crippen LogP) is 0.442. The normalized spacial score (nSPS) is 14.3. The highest BCUT2D eigenvalue weighted by Crippen LogP contribution is 2.25. The average molecular weight is 276 g/mol. The number of rotatable bonds is 8. The Balaban J connectivity index is 1.75. The van der Waals surface area contributed by atoms with Crippen molar-refractivity contribution in [2.45, 2.75) is 18.9 Å². The van der Waals surface area contributed by atoms with Gasteiger partial charge in [0.25, 0.3) is 0 Å². The second-order valence-corrected chi connectivity index (χ2v) is 4.99. The van der Waals surface area contributed by atoms with E-state index in [1.807, 2.05) is 11.0 Å². The number of hydrogen-bond acceptors (Lipinski definition) is 4. The number of amides is 1. The van der Waals surface area contributed by atoms with Crippen LogP contribution in [0.4, 0.5) is 0 Å². The fourth-order valence-electron chi connectivity index (χ4n) is 2.10. The summed E-state index contributed by atoms with van der Waals surface area (Å²) in [5.74, 6) is -0.270. The molecule has 20 heavy (non-hydrogen) atoms. The summed E-state index contributed by atoms with van der Waals surface area (Å²) < 4.78 is 0. The van der Waals surface area contributed by atoms with Crippen molar-refractivity contribution >= 4 is 11.7 Å². The first-order chi connectivity index (χ1) is 9.70. The van der Waals surface area contributed by atoms with Crippen molar-refractivity contribution in [3.63, 3.8) is 0 Å². The van der Waals surface area contributed by atoms with Crippen LogP contribution in [0.3, 0.4) is 0 Å². The summed E-state index contributed by atoms with van der Waals surface area (Å²) in [7, 11) is 0. The number of carbonyl (C=O) groups excluding carboxylic acids is 2. The smallest absolute Gasteiger partial charge is 0.234 e. The van der Waals surface area contributed by atoms with E-state index in [4.69, 9.17) is 5.11 Å². The number of ketones is 1. The van der Waals surface area contributed by atoms with Gasteiger partial charge in [0.2, 0.25) is 5.91 Å². The second kappa shape index (κ2) is 7.17. The SMILES string of the molecule is O=C(CN(CCO)C1CC1)NCC(=O)c1ccccc1. The Hall–Kier alpha value is -1.72. The molecule has 1 amide bonds. The lowest BCUT2D eigenvalue weighted by molar-refractivity contribution is -0.122. The van der Waals surface area contributed by atoms with E-state index in [-0.39, 0.29) is 31.4 Å². The number of aliphatic hydroxyl groups excluding tert-OH is 1. The van der Waals surface area contributed by atoms with Crippen LogP contribution in [0, 0.1) is 0 Å². The minimum atomic E-state index is -0.172. The molecule has 0 heterocycles. The lowest BCUT2D eigenvalue weighted by Crippen LogP contribution is -2.41. The van der Waals surface area contributed by atoms with Gasteiger partial charge in [-0.15, -0.1) is 0 Å². The Bertz CT molecular complexity index is 457. The second-order valence-electron chi connectivity index (χ2n) is 4.99. The van der Waals surface area contributed by atoms with Crippen LogP contribution in [-0.4, -0.2) is 54.0 Å². The number of hydrogen-bond donors (Lipinski definition) is 2. The molecular weight excluding hydrogens is 256 g/mol. The van der Waals surface area contributed by atoms with Gasteiger partial charge >= 0.3 is 0 Å². The molecule has 2 N–H and O–H groups in total. The van der Waals surface area contributed by atoms with Crippen LogP contribution in [0.2, 0.25) is 0 Å². The topological polar surface area (TPSA) is 69.6 Å². The molecule has 0 saturated heterocycles. The van der Waals surface area contributed by atoms with Gasteiger partial charge in [-0.05, 0) is 12.8 Å². The van der Waals surface area contributed by atoms with Crippen LogP contribution in [0.15, 0.2) is 30.3 Å². The molecule has 5 heteroatoms. The Labute approximate surface area is 118 Å². The summed E-state index contributed by atoms with van der Waals surface area (Å²) in [6, 6.07) is 9.32. The van der Waals surface area contributed by atoms with E-state index in [2.05, 4.69) is 5.32 Å². The zero-order chi connectivity index (χ0) is 14.4. The van der Waals surface area contributed by atoms with Crippen molar-refractivity contribution < 1.29 is 14.7 Å². The van der Waals surface area contributed by atoms with Crippen molar-refractivity contribution in [1.82, 2.24) is 10.2 Å². The van der Waals surface area contributed by atoms with Crippen LogP contribution in [0.1, 0.15) is 23.2 Å².